The summed E-state index contributed by atoms with van der Waals surface area (Å²) in [6.45, 7) is 3.12. The van der Waals surface area contributed by atoms with E-state index in [1.165, 1.54) is 0 Å². The van der Waals surface area contributed by atoms with Crippen molar-refractivity contribution in [2.24, 2.45) is 18.9 Å². The lowest BCUT2D eigenvalue weighted by Gasteiger charge is -2.38. The first kappa shape index (κ1) is 19.7. The molecular formula is C23H28N2O4. The van der Waals surface area contributed by atoms with E-state index >= 15 is 0 Å². The number of carbonyl (C=O) groups excluding carboxylic acids is 1. The standard InChI is InChI=1S/C23H28N2O4/c1-15(25-13-20(14-29-23(25)28)18-7-8-21(26)11-18)16-3-5-17(6-4-16)19-9-10-24(2)22(27)12-19/h3-6,9-10,12,15,18,20-21,26H,7-8,11,13-14H2,1-2H3/t15-,18+,20?,21+/m0/s1. The average molecular weight is 396 g/mol. The molecule has 1 aliphatic heterocycles. The van der Waals surface area contributed by atoms with E-state index in [-0.39, 0.29) is 29.7 Å². The van der Waals surface area contributed by atoms with Crippen molar-refractivity contribution in [1.82, 2.24) is 9.47 Å². The van der Waals surface area contributed by atoms with Crippen molar-refractivity contribution < 1.29 is 14.6 Å². The maximum absolute atomic E-state index is 12.4. The van der Waals surface area contributed by atoms with Crippen molar-refractivity contribution in [1.29, 1.82) is 0 Å². The van der Waals surface area contributed by atoms with Gasteiger partial charge in [-0.2, -0.15) is 0 Å². The van der Waals surface area contributed by atoms with Gasteiger partial charge in [-0.15, -0.1) is 0 Å². The molecule has 4 rings (SSSR count). The Balaban J connectivity index is 1.49. The molecule has 2 fully saturated rings. The van der Waals surface area contributed by atoms with E-state index < -0.39 is 0 Å². The van der Waals surface area contributed by atoms with Crippen LogP contribution in [0.2, 0.25) is 0 Å². The van der Waals surface area contributed by atoms with Gasteiger partial charge >= 0.3 is 6.09 Å². The summed E-state index contributed by atoms with van der Waals surface area (Å²) >= 11 is 0. The lowest BCUT2D eigenvalue weighted by atomic mass is 9.89. The van der Waals surface area contributed by atoms with Gasteiger partial charge in [0.25, 0.3) is 5.56 Å². The second-order valence-corrected chi connectivity index (χ2v) is 8.38. The van der Waals surface area contributed by atoms with Gasteiger partial charge in [0, 0.05) is 31.8 Å². The van der Waals surface area contributed by atoms with E-state index in [0.717, 1.165) is 36.0 Å². The van der Waals surface area contributed by atoms with Crippen LogP contribution in [0.4, 0.5) is 4.79 Å². The summed E-state index contributed by atoms with van der Waals surface area (Å²) < 4.78 is 7.02. The smallest absolute Gasteiger partial charge is 0.410 e. The number of ether oxygens (including phenoxy) is 1. The molecule has 1 saturated heterocycles. The number of carbonyl (C=O) groups is 1. The predicted octanol–water partition coefficient (Wildman–Crippen LogP) is 3.34. The Hall–Kier alpha value is -2.60. The van der Waals surface area contributed by atoms with Crippen LogP contribution in [0.25, 0.3) is 11.1 Å². The number of amides is 1. The topological polar surface area (TPSA) is 71.8 Å². The van der Waals surface area contributed by atoms with Crippen LogP contribution in [-0.2, 0) is 11.8 Å². The summed E-state index contributed by atoms with van der Waals surface area (Å²) in [5.41, 5.74) is 2.84. The zero-order valence-corrected chi connectivity index (χ0v) is 17.0. The quantitative estimate of drug-likeness (QED) is 0.860. The predicted molar refractivity (Wildman–Crippen MR) is 110 cm³/mol. The number of aliphatic hydroxyl groups excluding tert-OH is 1. The molecule has 1 unspecified atom stereocenters. The molecular weight excluding hydrogens is 368 g/mol. The fraction of sp³-hybridized carbons (Fsp3) is 0.478. The normalized spacial score (nSPS) is 25.7. The number of aliphatic hydroxyl groups is 1. The van der Waals surface area contributed by atoms with Crippen molar-refractivity contribution in [2.75, 3.05) is 13.2 Å². The Morgan fingerprint density at radius 3 is 2.48 bits per heavy atom. The Morgan fingerprint density at radius 1 is 1.07 bits per heavy atom. The maximum atomic E-state index is 12.4. The number of rotatable bonds is 4. The summed E-state index contributed by atoms with van der Waals surface area (Å²) in [6, 6.07) is 11.4. The fourth-order valence-electron chi connectivity index (χ4n) is 4.52. The van der Waals surface area contributed by atoms with E-state index in [9.17, 15) is 14.7 Å². The first-order chi connectivity index (χ1) is 13.9. The van der Waals surface area contributed by atoms with Crippen molar-refractivity contribution >= 4 is 6.09 Å². The lowest BCUT2D eigenvalue weighted by molar-refractivity contribution is 0.0103. The maximum Gasteiger partial charge on any atom is 0.410 e. The Bertz CT molecular complexity index is 937. The highest BCUT2D eigenvalue weighted by Gasteiger charge is 2.37. The minimum atomic E-state index is -0.275. The van der Waals surface area contributed by atoms with Crippen LogP contribution in [-0.4, -0.2) is 39.9 Å². The summed E-state index contributed by atoms with van der Waals surface area (Å²) in [5, 5.41) is 9.85. The number of hydrogen-bond acceptors (Lipinski definition) is 4. The highest BCUT2D eigenvalue weighted by molar-refractivity contribution is 5.69. The van der Waals surface area contributed by atoms with Crippen LogP contribution in [0.5, 0.6) is 0 Å². The summed E-state index contributed by atoms with van der Waals surface area (Å²) in [5.74, 6) is 0.683. The van der Waals surface area contributed by atoms with Gasteiger partial charge in [-0.1, -0.05) is 24.3 Å². The third kappa shape index (κ3) is 4.08. The number of nitrogens with zero attached hydrogens (tertiary/aromatic N) is 2. The molecule has 2 aliphatic rings. The first-order valence-electron chi connectivity index (χ1n) is 10.3. The van der Waals surface area contributed by atoms with E-state index in [0.29, 0.717) is 19.1 Å². The monoisotopic (exact) mass is 396 g/mol. The molecule has 2 heterocycles. The molecule has 0 bridgehead atoms. The third-order valence-electron chi connectivity index (χ3n) is 6.50. The number of benzene rings is 1. The van der Waals surface area contributed by atoms with Gasteiger partial charge in [0.15, 0.2) is 0 Å². The van der Waals surface area contributed by atoms with Gasteiger partial charge in [0.2, 0.25) is 0 Å². The van der Waals surface area contributed by atoms with Gasteiger partial charge in [-0.3, -0.25) is 4.79 Å². The summed E-state index contributed by atoms with van der Waals surface area (Å²) in [4.78, 5) is 26.1. The summed E-state index contributed by atoms with van der Waals surface area (Å²) in [7, 11) is 1.73. The van der Waals surface area contributed by atoms with E-state index in [1.54, 1.807) is 28.8 Å². The molecule has 1 aromatic heterocycles. The molecule has 6 heteroatoms. The molecule has 4 atom stereocenters. The van der Waals surface area contributed by atoms with E-state index in [1.807, 2.05) is 37.3 Å². The molecule has 0 radical (unpaired) electrons. The number of hydrogen-bond donors (Lipinski definition) is 1. The van der Waals surface area contributed by atoms with Gasteiger partial charge in [0.1, 0.15) is 0 Å². The van der Waals surface area contributed by atoms with Gasteiger partial charge in [-0.05, 0) is 54.9 Å². The fourth-order valence-corrected chi connectivity index (χ4v) is 4.52. The zero-order chi connectivity index (χ0) is 20.5. The van der Waals surface area contributed by atoms with Gasteiger partial charge < -0.3 is 19.3 Å². The van der Waals surface area contributed by atoms with Crippen LogP contribution < -0.4 is 5.56 Å². The Labute approximate surface area is 170 Å². The minimum absolute atomic E-state index is 0.0425. The molecule has 0 spiro atoms. The van der Waals surface area contributed by atoms with Crippen LogP contribution in [0.1, 0.15) is 37.8 Å². The highest BCUT2D eigenvalue weighted by atomic mass is 16.6. The molecule has 1 saturated carbocycles. The van der Waals surface area contributed by atoms with Crippen LogP contribution >= 0.6 is 0 Å². The first-order valence-corrected chi connectivity index (χ1v) is 10.3. The Kier molecular flexibility index (Phi) is 5.46. The minimum Gasteiger partial charge on any atom is -0.449 e. The SMILES string of the molecule is C[C@@H](c1ccc(-c2ccn(C)c(=O)c2)cc1)N1CC([C@@H]2CC[C@@H](O)C2)COC1=O. The largest absolute Gasteiger partial charge is 0.449 e. The second kappa shape index (κ2) is 8.03. The van der Waals surface area contributed by atoms with Crippen molar-refractivity contribution in [2.45, 2.75) is 38.3 Å². The molecule has 1 N–H and O–H groups in total. The van der Waals surface area contributed by atoms with Crippen LogP contribution in [0.15, 0.2) is 47.4 Å². The summed E-state index contributed by atoms with van der Waals surface area (Å²) in [6.07, 6.45) is 3.91. The van der Waals surface area contributed by atoms with E-state index in [2.05, 4.69) is 0 Å². The van der Waals surface area contributed by atoms with Crippen LogP contribution in [0.3, 0.4) is 0 Å². The second-order valence-electron chi connectivity index (χ2n) is 8.38. The van der Waals surface area contributed by atoms with Crippen molar-refractivity contribution in [3.63, 3.8) is 0 Å². The van der Waals surface area contributed by atoms with Crippen molar-refractivity contribution in [3.05, 3.63) is 58.5 Å². The van der Waals surface area contributed by atoms with Gasteiger partial charge in [0.05, 0.1) is 18.8 Å². The molecule has 1 amide bonds. The highest BCUT2D eigenvalue weighted by Crippen LogP contribution is 2.36. The lowest BCUT2D eigenvalue weighted by Crippen LogP contribution is -2.46. The molecule has 1 aromatic carbocycles. The molecule has 29 heavy (non-hydrogen) atoms. The molecule has 2 aromatic rings. The number of aromatic nitrogens is 1. The van der Waals surface area contributed by atoms with E-state index in [4.69, 9.17) is 4.74 Å². The number of aryl methyl sites for hydroxylation is 1. The van der Waals surface area contributed by atoms with Crippen molar-refractivity contribution in [3.8, 4) is 11.1 Å². The average Bonchev–Trinajstić information content (AvgIpc) is 3.16. The third-order valence-corrected chi connectivity index (χ3v) is 6.50. The van der Waals surface area contributed by atoms with Gasteiger partial charge in [-0.25, -0.2) is 4.79 Å². The number of pyridine rings is 1. The zero-order valence-electron chi connectivity index (χ0n) is 17.0. The van der Waals surface area contributed by atoms with Crippen LogP contribution in [0, 0.1) is 11.8 Å². The Morgan fingerprint density at radius 2 is 1.83 bits per heavy atom. The number of cyclic esters (lactones) is 1. The molecule has 154 valence electrons. The molecule has 6 nitrogen and oxygen atoms in total. The molecule has 1 aliphatic carbocycles.